The van der Waals surface area contributed by atoms with Crippen molar-refractivity contribution < 1.29 is 14.3 Å². The van der Waals surface area contributed by atoms with Crippen molar-refractivity contribution >= 4 is 11.6 Å². The molecule has 3 aromatic carbocycles. The number of hydrogen-bond acceptors (Lipinski definition) is 5. The van der Waals surface area contributed by atoms with E-state index < -0.39 is 5.54 Å². The molecule has 1 aliphatic carbocycles. The van der Waals surface area contributed by atoms with Crippen molar-refractivity contribution in [3.05, 3.63) is 101 Å². The highest BCUT2D eigenvalue weighted by Crippen LogP contribution is 2.43. The topological polar surface area (TPSA) is 49.9 Å². The molecule has 5 rings (SSSR count). The maximum absolute atomic E-state index is 14.1. The minimum Gasteiger partial charge on any atom is -0.494 e. The number of hydrogen-bond donors (Lipinski definition) is 0. The third kappa shape index (κ3) is 4.09. The summed E-state index contributed by atoms with van der Waals surface area (Å²) < 4.78 is 5.88. The van der Waals surface area contributed by atoms with Crippen molar-refractivity contribution in [1.82, 2.24) is 9.80 Å². The van der Waals surface area contributed by atoms with Gasteiger partial charge in [-0.1, -0.05) is 67.6 Å². The lowest BCUT2D eigenvalue weighted by atomic mass is 9.82. The largest absolute Gasteiger partial charge is 0.494 e. The van der Waals surface area contributed by atoms with Crippen LogP contribution < -0.4 is 4.74 Å². The Bertz CT molecular complexity index is 1210. The molecule has 1 aliphatic heterocycles. The van der Waals surface area contributed by atoms with Gasteiger partial charge in [0.15, 0.2) is 17.1 Å². The predicted molar refractivity (Wildman–Crippen MR) is 137 cm³/mol. The lowest BCUT2D eigenvalue weighted by Crippen LogP contribution is -2.60. The smallest absolute Gasteiger partial charge is 0.196 e. The van der Waals surface area contributed by atoms with Crippen molar-refractivity contribution in [1.29, 1.82) is 0 Å². The average molecular weight is 469 g/mol. The Morgan fingerprint density at radius 1 is 0.829 bits per heavy atom. The second kappa shape index (κ2) is 9.76. The van der Waals surface area contributed by atoms with Gasteiger partial charge >= 0.3 is 0 Å². The number of fused-ring (bicyclic) bond motifs is 1. The highest BCUT2D eigenvalue weighted by Gasteiger charge is 2.58. The van der Waals surface area contributed by atoms with Gasteiger partial charge in [0.2, 0.25) is 0 Å². The molecule has 3 aromatic rings. The molecule has 1 heterocycles. The first kappa shape index (κ1) is 23.5. The Morgan fingerprint density at radius 2 is 1.49 bits per heavy atom. The van der Waals surface area contributed by atoms with Crippen LogP contribution in [0, 0.1) is 6.92 Å². The number of rotatable bonds is 7. The summed E-state index contributed by atoms with van der Waals surface area (Å²) >= 11 is 0. The normalized spacial score (nSPS) is 18.0. The van der Waals surface area contributed by atoms with Crippen LogP contribution >= 0.6 is 0 Å². The number of piperazine rings is 1. The number of benzene rings is 3. The molecule has 0 N–H and O–H groups in total. The molecule has 1 fully saturated rings. The summed E-state index contributed by atoms with van der Waals surface area (Å²) in [6.07, 6.45) is 0.890. The standard InChI is InChI=1S/C30H32N2O3/c1-3-19-35-25-12-8-11-24(20-25)30(28(33)26-13-6-7-14-27(26)29(30)34)32-17-15-31(16-18-32)21-23-10-5-4-9-22(23)2/h4-14,20H,3,15-19,21H2,1-2H3. The van der Waals surface area contributed by atoms with Gasteiger partial charge in [-0.2, -0.15) is 0 Å². The van der Waals surface area contributed by atoms with Crippen LogP contribution in [0.1, 0.15) is 50.8 Å². The molecule has 180 valence electrons. The van der Waals surface area contributed by atoms with Gasteiger partial charge in [0.25, 0.3) is 0 Å². The summed E-state index contributed by atoms with van der Waals surface area (Å²) in [5.41, 5.74) is 2.98. The summed E-state index contributed by atoms with van der Waals surface area (Å²) in [4.78, 5) is 32.6. The Hall–Kier alpha value is -3.28. The van der Waals surface area contributed by atoms with Crippen LogP contribution in [0.2, 0.25) is 0 Å². The fraction of sp³-hybridized carbons (Fsp3) is 0.333. The van der Waals surface area contributed by atoms with Crippen LogP contribution in [0.3, 0.4) is 0 Å². The van der Waals surface area contributed by atoms with Crippen LogP contribution in [0.25, 0.3) is 0 Å². The number of carbonyl (C=O) groups is 2. The number of ketones is 2. The Balaban J connectivity index is 1.48. The Labute approximate surface area is 207 Å². The summed E-state index contributed by atoms with van der Waals surface area (Å²) in [5, 5.41) is 0. The first-order chi connectivity index (χ1) is 17.1. The first-order valence-corrected chi connectivity index (χ1v) is 12.5. The van der Waals surface area contributed by atoms with E-state index in [0.717, 1.165) is 26.1 Å². The van der Waals surface area contributed by atoms with Gasteiger partial charge in [0, 0.05) is 43.9 Å². The lowest BCUT2D eigenvalue weighted by Gasteiger charge is -2.44. The quantitative estimate of drug-likeness (QED) is 0.463. The van der Waals surface area contributed by atoms with Crippen molar-refractivity contribution in [2.45, 2.75) is 32.4 Å². The van der Waals surface area contributed by atoms with Gasteiger partial charge < -0.3 is 4.74 Å². The van der Waals surface area contributed by atoms with E-state index >= 15 is 0 Å². The zero-order valence-electron chi connectivity index (χ0n) is 20.5. The van der Waals surface area contributed by atoms with Gasteiger partial charge in [-0.3, -0.25) is 19.4 Å². The van der Waals surface area contributed by atoms with E-state index in [4.69, 9.17) is 4.74 Å². The van der Waals surface area contributed by atoms with Crippen molar-refractivity contribution in [2.24, 2.45) is 0 Å². The molecule has 0 amide bonds. The van der Waals surface area contributed by atoms with E-state index in [1.54, 1.807) is 12.1 Å². The van der Waals surface area contributed by atoms with Gasteiger partial charge in [0.05, 0.1) is 6.61 Å². The highest BCUT2D eigenvalue weighted by atomic mass is 16.5. The molecule has 0 unspecified atom stereocenters. The minimum atomic E-state index is -1.34. The van der Waals surface area contributed by atoms with Crippen molar-refractivity contribution in [3.63, 3.8) is 0 Å². The summed E-state index contributed by atoms with van der Waals surface area (Å²) in [6.45, 7) is 8.52. The molecule has 2 aliphatic rings. The first-order valence-electron chi connectivity index (χ1n) is 12.5. The van der Waals surface area contributed by atoms with E-state index in [1.807, 2.05) is 36.4 Å². The third-order valence-electron chi connectivity index (χ3n) is 7.30. The second-order valence-electron chi connectivity index (χ2n) is 9.48. The SMILES string of the molecule is CCCOc1cccc(C2(N3CCN(Cc4ccccc4C)CC3)C(=O)c3ccccc3C2=O)c1. The average Bonchev–Trinajstić information content (AvgIpc) is 3.12. The van der Waals surface area contributed by atoms with Crippen LogP contribution in [0.4, 0.5) is 0 Å². The molecule has 0 saturated carbocycles. The third-order valence-corrected chi connectivity index (χ3v) is 7.30. The molecule has 5 nitrogen and oxygen atoms in total. The van der Waals surface area contributed by atoms with E-state index in [9.17, 15) is 9.59 Å². The molecule has 5 heteroatoms. The van der Waals surface area contributed by atoms with Crippen molar-refractivity contribution in [3.8, 4) is 5.75 Å². The molecule has 0 atom stereocenters. The fourth-order valence-corrected chi connectivity index (χ4v) is 5.40. The maximum Gasteiger partial charge on any atom is 0.196 e. The van der Waals surface area contributed by atoms with Gasteiger partial charge in [0.1, 0.15) is 5.75 Å². The van der Waals surface area contributed by atoms with E-state index in [-0.39, 0.29) is 11.6 Å². The lowest BCUT2D eigenvalue weighted by molar-refractivity contribution is 0.0278. The molecule has 0 aromatic heterocycles. The van der Waals surface area contributed by atoms with Crippen LogP contribution in [0.15, 0.2) is 72.8 Å². The zero-order chi connectivity index (χ0) is 24.4. The minimum absolute atomic E-state index is 0.127. The predicted octanol–water partition coefficient (Wildman–Crippen LogP) is 4.88. The molecule has 0 bridgehead atoms. The summed E-state index contributed by atoms with van der Waals surface area (Å²) in [6, 6.07) is 23.3. The van der Waals surface area contributed by atoms with E-state index in [1.165, 1.54) is 11.1 Å². The summed E-state index contributed by atoms with van der Waals surface area (Å²) in [7, 11) is 0. The summed E-state index contributed by atoms with van der Waals surface area (Å²) in [5.74, 6) is 0.440. The van der Waals surface area contributed by atoms with E-state index in [2.05, 4.69) is 47.9 Å². The van der Waals surface area contributed by atoms with Crippen LogP contribution in [0.5, 0.6) is 5.75 Å². The van der Waals surface area contributed by atoms with E-state index in [0.29, 0.717) is 42.1 Å². The van der Waals surface area contributed by atoms with Gasteiger partial charge in [-0.05, 0) is 42.2 Å². The molecule has 0 spiro atoms. The number of ether oxygens (including phenoxy) is 1. The number of aryl methyl sites for hydroxylation is 1. The van der Waals surface area contributed by atoms with Gasteiger partial charge in [-0.25, -0.2) is 0 Å². The highest BCUT2D eigenvalue weighted by molar-refractivity contribution is 6.32. The maximum atomic E-state index is 14.1. The molecular formula is C30H32N2O3. The number of Topliss-reactive ketones (excluding diaryl/α,β-unsaturated/α-hetero) is 2. The Morgan fingerprint density at radius 3 is 2.14 bits per heavy atom. The number of nitrogens with zero attached hydrogens (tertiary/aromatic N) is 2. The van der Waals surface area contributed by atoms with Crippen LogP contribution in [-0.4, -0.2) is 54.2 Å². The Kier molecular flexibility index (Phi) is 6.54. The molecule has 0 radical (unpaired) electrons. The van der Waals surface area contributed by atoms with Gasteiger partial charge in [-0.15, -0.1) is 0 Å². The fourth-order valence-electron chi connectivity index (χ4n) is 5.40. The molecule has 1 saturated heterocycles. The molecular weight excluding hydrogens is 436 g/mol. The monoisotopic (exact) mass is 468 g/mol. The zero-order valence-corrected chi connectivity index (χ0v) is 20.5. The second-order valence-corrected chi connectivity index (χ2v) is 9.48. The van der Waals surface area contributed by atoms with Crippen molar-refractivity contribution in [2.75, 3.05) is 32.8 Å². The number of carbonyl (C=O) groups excluding carboxylic acids is 2. The molecule has 35 heavy (non-hydrogen) atoms. The van der Waals surface area contributed by atoms with Crippen LogP contribution in [-0.2, 0) is 12.1 Å².